The van der Waals surface area contributed by atoms with Crippen molar-refractivity contribution in [2.24, 2.45) is 0 Å². The van der Waals surface area contributed by atoms with Gasteiger partial charge in [0.15, 0.2) is 0 Å². The van der Waals surface area contributed by atoms with Crippen LogP contribution >= 0.6 is 39.0 Å². The number of aryl methyl sites for hydroxylation is 1. The van der Waals surface area contributed by atoms with Crippen LogP contribution in [0.2, 0.25) is 0 Å². The van der Waals surface area contributed by atoms with E-state index in [9.17, 15) is 0 Å². The second-order valence-electron chi connectivity index (χ2n) is 3.68. The summed E-state index contributed by atoms with van der Waals surface area (Å²) >= 11 is 7.32. The van der Waals surface area contributed by atoms with Gasteiger partial charge < -0.3 is 5.32 Å². The summed E-state index contributed by atoms with van der Waals surface area (Å²) in [5.41, 5.74) is 0. The van der Waals surface area contributed by atoms with Crippen LogP contribution in [0.4, 0.5) is 0 Å². The first-order chi connectivity index (χ1) is 7.13. The Morgan fingerprint density at radius 3 is 2.87 bits per heavy atom. The van der Waals surface area contributed by atoms with Crippen LogP contribution < -0.4 is 5.32 Å². The molecule has 4 heteroatoms. The molecule has 0 saturated heterocycles. The summed E-state index contributed by atoms with van der Waals surface area (Å²) in [7, 11) is 0. The zero-order valence-electron chi connectivity index (χ0n) is 9.47. The number of thiophene rings is 1. The smallest absolute Gasteiger partial charge is 0.0314 e. The van der Waals surface area contributed by atoms with Crippen molar-refractivity contribution in [2.75, 3.05) is 12.0 Å². The first-order valence-electron chi connectivity index (χ1n) is 5.10. The van der Waals surface area contributed by atoms with Crippen molar-refractivity contribution in [3.05, 3.63) is 20.3 Å². The van der Waals surface area contributed by atoms with Gasteiger partial charge in [-0.25, -0.2) is 0 Å². The Kier molecular flexibility index (Phi) is 6.27. The minimum absolute atomic E-state index is 0.610. The number of nitrogens with one attached hydrogen (secondary N) is 1. The average Bonchev–Trinajstić information content (AvgIpc) is 2.52. The van der Waals surface area contributed by atoms with Gasteiger partial charge in [-0.05, 0) is 54.3 Å². The number of hydrogen-bond acceptors (Lipinski definition) is 3. The van der Waals surface area contributed by atoms with Gasteiger partial charge in [-0.1, -0.05) is 0 Å². The molecular formula is C11H18BrNS2. The summed E-state index contributed by atoms with van der Waals surface area (Å²) in [5.74, 6) is 1.24. The minimum Gasteiger partial charge on any atom is -0.309 e. The number of halogens is 1. The molecule has 1 atom stereocenters. The van der Waals surface area contributed by atoms with E-state index >= 15 is 0 Å². The lowest BCUT2D eigenvalue weighted by molar-refractivity contribution is 0.540. The van der Waals surface area contributed by atoms with Crippen LogP contribution in [0, 0.1) is 6.92 Å². The van der Waals surface area contributed by atoms with Gasteiger partial charge in [-0.3, -0.25) is 0 Å². The molecule has 1 unspecified atom stereocenters. The average molecular weight is 308 g/mol. The zero-order valence-corrected chi connectivity index (χ0v) is 12.7. The molecule has 0 aliphatic carbocycles. The Hall–Kier alpha value is 0.490. The highest BCUT2D eigenvalue weighted by Crippen LogP contribution is 2.26. The molecule has 86 valence electrons. The third kappa shape index (κ3) is 4.89. The van der Waals surface area contributed by atoms with E-state index in [1.54, 1.807) is 0 Å². The highest BCUT2D eigenvalue weighted by atomic mass is 79.9. The summed E-state index contributed by atoms with van der Waals surface area (Å²) in [4.78, 5) is 2.78. The van der Waals surface area contributed by atoms with Crippen LogP contribution in [0.15, 0.2) is 10.5 Å². The van der Waals surface area contributed by atoms with Gasteiger partial charge in [0.25, 0.3) is 0 Å². The van der Waals surface area contributed by atoms with E-state index in [-0.39, 0.29) is 0 Å². The number of hydrogen-bond donors (Lipinski definition) is 1. The molecule has 0 fully saturated rings. The normalized spacial score (nSPS) is 13.1. The van der Waals surface area contributed by atoms with Crippen LogP contribution in [0.3, 0.4) is 0 Å². The lowest BCUT2D eigenvalue weighted by Crippen LogP contribution is -2.25. The zero-order chi connectivity index (χ0) is 11.3. The maximum Gasteiger partial charge on any atom is 0.0314 e. The Morgan fingerprint density at radius 2 is 2.33 bits per heavy atom. The molecule has 0 aliphatic heterocycles. The van der Waals surface area contributed by atoms with Gasteiger partial charge >= 0.3 is 0 Å². The third-order valence-corrected chi connectivity index (χ3v) is 5.07. The van der Waals surface area contributed by atoms with Crippen molar-refractivity contribution < 1.29 is 0 Å². The molecule has 1 aromatic rings. The fourth-order valence-electron chi connectivity index (χ4n) is 1.28. The Bertz CT molecular complexity index is 279. The largest absolute Gasteiger partial charge is 0.309 e. The molecule has 0 aliphatic rings. The standard InChI is InChI=1S/C11H18BrNS2/c1-8(4-5-14-3)13-7-10-6-11(12)9(2)15-10/h6,8,13H,4-5,7H2,1-3H3. The summed E-state index contributed by atoms with van der Waals surface area (Å²) in [6, 6.07) is 2.83. The molecule has 0 saturated carbocycles. The van der Waals surface area contributed by atoms with Crippen molar-refractivity contribution in [2.45, 2.75) is 32.9 Å². The fraction of sp³-hybridized carbons (Fsp3) is 0.636. The summed E-state index contributed by atoms with van der Waals surface area (Å²) in [6.07, 6.45) is 3.40. The van der Waals surface area contributed by atoms with Crippen LogP contribution in [0.1, 0.15) is 23.1 Å². The van der Waals surface area contributed by atoms with E-state index in [1.807, 2.05) is 23.1 Å². The van der Waals surface area contributed by atoms with Crippen LogP contribution in [-0.4, -0.2) is 18.1 Å². The third-order valence-electron chi connectivity index (χ3n) is 2.29. The van der Waals surface area contributed by atoms with Crippen molar-refractivity contribution in [3.8, 4) is 0 Å². The Morgan fingerprint density at radius 1 is 1.60 bits per heavy atom. The molecule has 0 aromatic carbocycles. The highest BCUT2D eigenvalue weighted by molar-refractivity contribution is 9.10. The molecule has 0 bridgehead atoms. The molecule has 1 nitrogen and oxygen atoms in total. The van der Waals surface area contributed by atoms with Gasteiger partial charge in [-0.2, -0.15) is 11.8 Å². The molecule has 1 N–H and O–H groups in total. The van der Waals surface area contributed by atoms with Crippen LogP contribution in [0.5, 0.6) is 0 Å². The van der Waals surface area contributed by atoms with Crippen molar-refractivity contribution in [3.63, 3.8) is 0 Å². The lowest BCUT2D eigenvalue weighted by Gasteiger charge is -2.11. The number of rotatable bonds is 6. The summed E-state index contributed by atoms with van der Waals surface area (Å²) in [5, 5.41) is 3.55. The first kappa shape index (κ1) is 13.6. The highest BCUT2D eigenvalue weighted by Gasteiger charge is 2.04. The maximum atomic E-state index is 3.55. The number of thioether (sulfide) groups is 1. The molecular weight excluding hydrogens is 290 g/mol. The van der Waals surface area contributed by atoms with Crippen molar-refractivity contribution in [1.29, 1.82) is 0 Å². The van der Waals surface area contributed by atoms with Gasteiger partial charge in [-0.15, -0.1) is 11.3 Å². The van der Waals surface area contributed by atoms with E-state index in [1.165, 1.54) is 26.4 Å². The second-order valence-corrected chi connectivity index (χ2v) is 6.86. The van der Waals surface area contributed by atoms with E-state index in [0.29, 0.717) is 6.04 Å². The van der Waals surface area contributed by atoms with E-state index < -0.39 is 0 Å². The van der Waals surface area contributed by atoms with Crippen LogP contribution in [0.25, 0.3) is 0 Å². The summed E-state index contributed by atoms with van der Waals surface area (Å²) in [6.45, 7) is 5.40. The molecule has 1 rings (SSSR count). The van der Waals surface area contributed by atoms with E-state index in [0.717, 1.165) is 6.54 Å². The second kappa shape index (κ2) is 6.94. The fourth-order valence-corrected chi connectivity index (χ4v) is 3.42. The van der Waals surface area contributed by atoms with Gasteiger partial charge in [0, 0.05) is 26.8 Å². The first-order valence-corrected chi connectivity index (χ1v) is 8.11. The van der Waals surface area contributed by atoms with Gasteiger partial charge in [0.2, 0.25) is 0 Å². The Labute approximate surface area is 109 Å². The molecule has 1 heterocycles. The molecule has 15 heavy (non-hydrogen) atoms. The predicted octanol–water partition coefficient (Wildman–Crippen LogP) is 4.05. The van der Waals surface area contributed by atoms with Crippen LogP contribution in [-0.2, 0) is 6.54 Å². The topological polar surface area (TPSA) is 12.0 Å². The lowest BCUT2D eigenvalue weighted by atomic mass is 10.2. The Balaban J connectivity index is 2.30. The molecule has 0 spiro atoms. The molecule has 1 aromatic heterocycles. The van der Waals surface area contributed by atoms with Gasteiger partial charge in [0.05, 0.1) is 0 Å². The monoisotopic (exact) mass is 307 g/mol. The van der Waals surface area contributed by atoms with Crippen molar-refractivity contribution in [1.82, 2.24) is 5.32 Å². The maximum absolute atomic E-state index is 3.55. The predicted molar refractivity (Wildman–Crippen MR) is 76.1 cm³/mol. The van der Waals surface area contributed by atoms with Crippen molar-refractivity contribution >= 4 is 39.0 Å². The minimum atomic E-state index is 0.610. The SMILES string of the molecule is CSCCC(C)NCc1cc(Br)c(C)s1. The van der Waals surface area contributed by atoms with E-state index in [4.69, 9.17) is 0 Å². The van der Waals surface area contributed by atoms with E-state index in [2.05, 4.69) is 47.4 Å². The summed E-state index contributed by atoms with van der Waals surface area (Å²) < 4.78 is 1.24. The molecule has 0 radical (unpaired) electrons. The van der Waals surface area contributed by atoms with Gasteiger partial charge in [0.1, 0.15) is 0 Å². The molecule has 0 amide bonds. The quantitative estimate of drug-likeness (QED) is 0.851.